The number of nitrogens with two attached hydrogens (primary N) is 1. The molecule has 1 atom stereocenters. The number of hydrogen-bond acceptors (Lipinski definition) is 8. The highest BCUT2D eigenvalue weighted by Crippen LogP contribution is 2.47. The lowest BCUT2D eigenvalue weighted by Gasteiger charge is -2.25. The van der Waals surface area contributed by atoms with Gasteiger partial charge in [0.1, 0.15) is 11.6 Å². The monoisotopic (exact) mass is 448 g/mol. The van der Waals surface area contributed by atoms with E-state index in [1.165, 1.54) is 0 Å². The van der Waals surface area contributed by atoms with E-state index in [1.54, 1.807) is 27.4 Å². The van der Waals surface area contributed by atoms with Crippen LogP contribution in [0.5, 0.6) is 28.9 Å². The number of hydrogen-bond donors (Lipinski definition) is 2. The predicted molar refractivity (Wildman–Crippen MR) is 121 cm³/mol. The Hall–Kier alpha value is -4.32. The van der Waals surface area contributed by atoms with E-state index < -0.39 is 5.92 Å². The smallest absolute Gasteiger partial charge is 0.244 e. The van der Waals surface area contributed by atoms with Gasteiger partial charge in [-0.3, -0.25) is 5.10 Å². The first kappa shape index (κ1) is 21.9. The molecular weight excluding hydrogens is 424 g/mol. The van der Waals surface area contributed by atoms with E-state index in [9.17, 15) is 5.26 Å². The van der Waals surface area contributed by atoms with E-state index in [4.69, 9.17) is 29.4 Å². The first-order valence-electron chi connectivity index (χ1n) is 10.2. The van der Waals surface area contributed by atoms with Gasteiger partial charge in [-0.05, 0) is 42.8 Å². The molecule has 3 aromatic rings. The summed E-state index contributed by atoms with van der Waals surface area (Å²) in [6.07, 6.45) is 0. The Balaban J connectivity index is 1.90. The number of nitrogens with one attached hydrogen (secondary N) is 1. The fourth-order valence-corrected chi connectivity index (χ4v) is 3.93. The fourth-order valence-electron chi connectivity index (χ4n) is 3.93. The number of benzene rings is 2. The number of allylic oxidation sites excluding steroid dienone is 1. The second-order valence-electron chi connectivity index (χ2n) is 7.16. The van der Waals surface area contributed by atoms with E-state index in [0.29, 0.717) is 46.7 Å². The van der Waals surface area contributed by atoms with Gasteiger partial charge in [0.2, 0.25) is 11.8 Å². The van der Waals surface area contributed by atoms with Gasteiger partial charge in [-0.25, -0.2) is 0 Å². The van der Waals surface area contributed by atoms with Crippen LogP contribution < -0.4 is 29.4 Å². The molecule has 1 aliphatic heterocycles. The molecule has 0 aliphatic carbocycles. The summed E-state index contributed by atoms with van der Waals surface area (Å²) in [6.45, 7) is 2.42. The van der Waals surface area contributed by atoms with Crippen LogP contribution in [0.15, 0.2) is 47.9 Å². The zero-order valence-corrected chi connectivity index (χ0v) is 18.8. The third-order valence-corrected chi connectivity index (χ3v) is 5.43. The lowest BCUT2D eigenvalue weighted by molar-refractivity contribution is 0.311. The van der Waals surface area contributed by atoms with Crippen LogP contribution >= 0.6 is 0 Å². The number of methoxy groups -OCH3 is 3. The summed E-state index contributed by atoms with van der Waals surface area (Å²) in [5, 5.41) is 17.3. The lowest BCUT2D eigenvalue weighted by Crippen LogP contribution is -2.21. The van der Waals surface area contributed by atoms with Gasteiger partial charge in [0.05, 0.1) is 45.1 Å². The number of ether oxygens (including phenoxy) is 5. The average Bonchev–Trinajstić information content (AvgIpc) is 3.26. The Labute approximate surface area is 191 Å². The third kappa shape index (κ3) is 3.76. The van der Waals surface area contributed by atoms with E-state index >= 15 is 0 Å². The number of nitrogens with zero attached hydrogens (tertiary/aromatic N) is 2. The fraction of sp³-hybridized carbons (Fsp3) is 0.250. The molecule has 1 aromatic heterocycles. The molecular formula is C24H24N4O5. The Morgan fingerprint density at radius 1 is 1.03 bits per heavy atom. The quantitative estimate of drug-likeness (QED) is 0.560. The maximum atomic E-state index is 9.93. The van der Waals surface area contributed by atoms with Crippen LogP contribution in [-0.2, 0) is 0 Å². The Morgan fingerprint density at radius 3 is 2.39 bits per heavy atom. The standard InChI is InChI=1S/C24H24N4O5/c1-5-32-17-9-7-14(11-19(17)31-4)22-21-20(13-6-8-16(29-2)18(10-13)30-3)15(12-25)23(26)33-24(21)28-27-22/h6-11,20H,5,26H2,1-4H3,(H,27,28). The van der Waals surface area contributed by atoms with E-state index in [1.807, 2.05) is 37.3 Å². The minimum atomic E-state index is -0.537. The molecule has 4 rings (SSSR count). The van der Waals surface area contributed by atoms with Crippen LogP contribution in [0.1, 0.15) is 24.0 Å². The van der Waals surface area contributed by atoms with Crippen molar-refractivity contribution in [2.75, 3.05) is 27.9 Å². The third-order valence-electron chi connectivity index (χ3n) is 5.43. The summed E-state index contributed by atoms with van der Waals surface area (Å²) >= 11 is 0. The highest BCUT2D eigenvalue weighted by molar-refractivity contribution is 5.73. The summed E-state index contributed by atoms with van der Waals surface area (Å²) in [4.78, 5) is 0. The molecule has 0 bridgehead atoms. The summed E-state index contributed by atoms with van der Waals surface area (Å²) in [5.74, 6) is 2.09. The molecule has 2 aromatic carbocycles. The average molecular weight is 448 g/mol. The van der Waals surface area contributed by atoms with Crippen molar-refractivity contribution in [3.63, 3.8) is 0 Å². The van der Waals surface area contributed by atoms with Crippen molar-refractivity contribution >= 4 is 0 Å². The number of aromatic nitrogens is 2. The van der Waals surface area contributed by atoms with Crippen LogP contribution in [-0.4, -0.2) is 38.1 Å². The van der Waals surface area contributed by atoms with Crippen molar-refractivity contribution in [3.05, 3.63) is 59.0 Å². The molecule has 0 radical (unpaired) electrons. The van der Waals surface area contributed by atoms with Crippen LogP contribution in [0, 0.1) is 11.3 Å². The largest absolute Gasteiger partial charge is 0.493 e. The molecule has 1 aliphatic rings. The zero-order chi connectivity index (χ0) is 23.5. The number of aromatic amines is 1. The highest BCUT2D eigenvalue weighted by Gasteiger charge is 2.36. The zero-order valence-electron chi connectivity index (χ0n) is 18.8. The van der Waals surface area contributed by atoms with Crippen LogP contribution in [0.3, 0.4) is 0 Å². The first-order chi connectivity index (χ1) is 16.1. The SMILES string of the molecule is CCOc1ccc(-c2[nH]nc3c2C(c2ccc(OC)c(OC)c2)C(C#N)=C(N)O3)cc1OC. The number of rotatable bonds is 7. The summed E-state index contributed by atoms with van der Waals surface area (Å²) < 4.78 is 27.7. The van der Waals surface area contributed by atoms with Gasteiger partial charge in [-0.2, -0.15) is 5.26 Å². The summed E-state index contributed by atoms with van der Waals surface area (Å²) in [6, 6.07) is 13.2. The molecule has 3 N–H and O–H groups in total. The normalized spacial score (nSPS) is 14.7. The maximum Gasteiger partial charge on any atom is 0.244 e. The van der Waals surface area contributed by atoms with E-state index in [0.717, 1.165) is 11.1 Å². The second-order valence-corrected chi connectivity index (χ2v) is 7.16. The molecule has 0 saturated carbocycles. The number of nitriles is 1. The van der Waals surface area contributed by atoms with Crippen molar-refractivity contribution in [1.82, 2.24) is 10.2 Å². The van der Waals surface area contributed by atoms with Crippen molar-refractivity contribution < 1.29 is 23.7 Å². The first-order valence-corrected chi connectivity index (χ1v) is 10.2. The molecule has 170 valence electrons. The van der Waals surface area contributed by atoms with Crippen LogP contribution in [0.2, 0.25) is 0 Å². The van der Waals surface area contributed by atoms with Gasteiger partial charge in [-0.15, -0.1) is 5.10 Å². The molecule has 9 nitrogen and oxygen atoms in total. The van der Waals surface area contributed by atoms with Gasteiger partial charge in [0.25, 0.3) is 0 Å². The predicted octanol–water partition coefficient (Wildman–Crippen LogP) is 3.72. The minimum Gasteiger partial charge on any atom is -0.493 e. The van der Waals surface area contributed by atoms with Crippen LogP contribution in [0.25, 0.3) is 11.3 Å². The van der Waals surface area contributed by atoms with E-state index in [-0.39, 0.29) is 11.5 Å². The van der Waals surface area contributed by atoms with Crippen molar-refractivity contribution in [2.45, 2.75) is 12.8 Å². The molecule has 0 spiro atoms. The second kappa shape index (κ2) is 9.04. The molecule has 0 amide bonds. The van der Waals surface area contributed by atoms with Gasteiger partial charge in [0, 0.05) is 5.56 Å². The van der Waals surface area contributed by atoms with E-state index in [2.05, 4.69) is 16.3 Å². The minimum absolute atomic E-state index is 0.00658. The van der Waals surface area contributed by atoms with Crippen molar-refractivity contribution in [1.29, 1.82) is 5.26 Å². The Kier molecular flexibility index (Phi) is 6.00. The van der Waals surface area contributed by atoms with Gasteiger partial charge >= 0.3 is 0 Å². The van der Waals surface area contributed by atoms with Gasteiger partial charge < -0.3 is 29.4 Å². The van der Waals surface area contributed by atoms with Crippen molar-refractivity contribution in [3.8, 4) is 46.2 Å². The van der Waals surface area contributed by atoms with Crippen LogP contribution in [0.4, 0.5) is 0 Å². The number of H-pyrrole nitrogens is 1. The Morgan fingerprint density at radius 2 is 1.73 bits per heavy atom. The number of fused-ring (bicyclic) bond motifs is 1. The molecule has 2 heterocycles. The van der Waals surface area contributed by atoms with Gasteiger partial charge in [-0.1, -0.05) is 6.07 Å². The van der Waals surface area contributed by atoms with Gasteiger partial charge in [0.15, 0.2) is 23.0 Å². The lowest BCUT2D eigenvalue weighted by atomic mass is 9.83. The maximum absolute atomic E-state index is 9.93. The molecule has 0 saturated heterocycles. The van der Waals surface area contributed by atoms with Crippen molar-refractivity contribution in [2.24, 2.45) is 5.73 Å². The summed E-state index contributed by atoms with van der Waals surface area (Å²) in [5.41, 5.74) is 9.28. The summed E-state index contributed by atoms with van der Waals surface area (Å²) in [7, 11) is 4.70. The molecule has 0 fully saturated rings. The topological polar surface area (TPSA) is 125 Å². The Bertz CT molecular complexity index is 1260. The molecule has 9 heteroatoms. The molecule has 1 unspecified atom stereocenters. The highest BCUT2D eigenvalue weighted by atomic mass is 16.5. The molecule has 33 heavy (non-hydrogen) atoms.